The Morgan fingerprint density at radius 1 is 1.38 bits per heavy atom. The number of allylic oxidation sites excluding steroid dienone is 2. The average Bonchev–Trinajstić information content (AvgIpc) is 2.76. The molecule has 1 saturated carbocycles. The Morgan fingerprint density at radius 3 is 2.62 bits per heavy atom. The normalized spacial score (nSPS) is 30.2. The van der Waals surface area contributed by atoms with Gasteiger partial charge in [-0.2, -0.15) is 0 Å². The van der Waals surface area contributed by atoms with Gasteiger partial charge >= 0.3 is 0 Å². The van der Waals surface area contributed by atoms with Crippen LogP contribution in [0.4, 0.5) is 0 Å². The molecule has 0 N–H and O–H groups in total. The summed E-state index contributed by atoms with van der Waals surface area (Å²) in [6.07, 6.45) is 6.98. The molecular formula is C13H24OSi2. The maximum absolute atomic E-state index is 6.04. The third-order valence-electron chi connectivity index (χ3n) is 3.91. The van der Waals surface area contributed by atoms with Gasteiger partial charge in [0.2, 0.25) is 0 Å². The van der Waals surface area contributed by atoms with Crippen LogP contribution in [0.3, 0.4) is 0 Å². The Morgan fingerprint density at radius 2 is 2.12 bits per heavy atom. The molecule has 1 nitrogen and oxygen atoms in total. The molecule has 90 valence electrons. The number of rotatable bonds is 5. The van der Waals surface area contributed by atoms with Gasteiger partial charge in [-0.1, -0.05) is 18.6 Å². The molecule has 2 radical (unpaired) electrons. The van der Waals surface area contributed by atoms with Crippen molar-refractivity contribution in [3.05, 3.63) is 11.6 Å². The first kappa shape index (κ1) is 12.6. The molecule has 0 saturated heterocycles. The molecule has 2 rings (SSSR count). The van der Waals surface area contributed by atoms with E-state index in [2.05, 4.69) is 32.6 Å². The second-order valence-electron chi connectivity index (χ2n) is 5.75. The highest BCUT2D eigenvalue weighted by atomic mass is 28.4. The zero-order valence-electron chi connectivity index (χ0n) is 11.0. The van der Waals surface area contributed by atoms with Gasteiger partial charge in [-0.15, -0.1) is 0 Å². The van der Waals surface area contributed by atoms with Crippen LogP contribution < -0.4 is 0 Å². The lowest BCUT2D eigenvalue weighted by Crippen LogP contribution is -2.24. The van der Waals surface area contributed by atoms with Crippen molar-refractivity contribution in [2.24, 2.45) is 17.8 Å². The van der Waals surface area contributed by atoms with Gasteiger partial charge in [0.1, 0.15) is 0 Å². The second-order valence-corrected chi connectivity index (χ2v) is 10.2. The number of fused-ring (bicyclic) bond motifs is 2. The molecule has 16 heavy (non-hydrogen) atoms. The molecule has 3 unspecified atom stereocenters. The molecular weight excluding hydrogens is 228 g/mol. The maximum atomic E-state index is 6.04. The third kappa shape index (κ3) is 2.87. The smallest absolute Gasteiger partial charge is 0.195 e. The molecule has 0 spiro atoms. The van der Waals surface area contributed by atoms with Crippen molar-refractivity contribution >= 4 is 18.1 Å². The summed E-state index contributed by atoms with van der Waals surface area (Å²) in [5, 5.41) is 0. The fourth-order valence-electron chi connectivity index (χ4n) is 3.38. The molecule has 0 aromatic heterocycles. The number of hydrogen-bond acceptors (Lipinski definition) is 1. The Labute approximate surface area is 104 Å². The van der Waals surface area contributed by atoms with Crippen molar-refractivity contribution in [3.8, 4) is 0 Å². The van der Waals surface area contributed by atoms with Gasteiger partial charge in [0.15, 0.2) is 18.1 Å². The van der Waals surface area contributed by atoms with E-state index in [9.17, 15) is 0 Å². The van der Waals surface area contributed by atoms with Crippen molar-refractivity contribution in [1.29, 1.82) is 0 Å². The van der Waals surface area contributed by atoms with E-state index in [0.29, 0.717) is 0 Å². The maximum Gasteiger partial charge on any atom is 0.195 e. The van der Waals surface area contributed by atoms with E-state index < -0.39 is 18.1 Å². The van der Waals surface area contributed by atoms with Gasteiger partial charge in [0.25, 0.3) is 0 Å². The lowest BCUT2D eigenvalue weighted by Gasteiger charge is -2.23. The monoisotopic (exact) mass is 252 g/mol. The molecule has 0 heterocycles. The van der Waals surface area contributed by atoms with Gasteiger partial charge in [0, 0.05) is 0 Å². The minimum atomic E-state index is -0.537. The van der Waals surface area contributed by atoms with E-state index in [0.717, 1.165) is 17.8 Å². The SMILES string of the molecule is CC(C[Si](C)O[Si](C)C)C1=CC2CCC1C2. The Balaban J connectivity index is 1.84. The van der Waals surface area contributed by atoms with E-state index in [1.54, 1.807) is 5.57 Å². The summed E-state index contributed by atoms with van der Waals surface area (Å²) in [4.78, 5) is 0. The molecule has 3 atom stereocenters. The molecule has 0 aromatic rings. The lowest BCUT2D eigenvalue weighted by atomic mass is 9.90. The molecule has 0 aliphatic heterocycles. The summed E-state index contributed by atoms with van der Waals surface area (Å²) >= 11 is 0. The van der Waals surface area contributed by atoms with Crippen LogP contribution in [-0.2, 0) is 4.12 Å². The zero-order valence-corrected chi connectivity index (χ0v) is 13.0. The fraction of sp³-hybridized carbons (Fsp3) is 0.846. The standard InChI is InChI=1S/C13H24OSi2/c1-10(9-16(4)14-15(2)3)13-8-11-5-6-12(13)7-11/h8,10-12H,5-7,9H2,1-4H3. The quantitative estimate of drug-likeness (QED) is 0.533. The van der Waals surface area contributed by atoms with Crippen LogP contribution in [0.1, 0.15) is 26.2 Å². The lowest BCUT2D eigenvalue weighted by molar-refractivity contribution is 0.539. The van der Waals surface area contributed by atoms with E-state index in [1.165, 1.54) is 25.3 Å². The predicted molar refractivity (Wildman–Crippen MR) is 73.1 cm³/mol. The van der Waals surface area contributed by atoms with Crippen LogP contribution >= 0.6 is 0 Å². The summed E-state index contributed by atoms with van der Waals surface area (Å²) in [6.45, 7) is 9.26. The molecule has 2 bridgehead atoms. The summed E-state index contributed by atoms with van der Waals surface area (Å²) in [7, 11) is -1.02. The Bertz CT molecular complexity index is 275. The summed E-state index contributed by atoms with van der Waals surface area (Å²) in [6, 6.07) is 1.32. The van der Waals surface area contributed by atoms with E-state index >= 15 is 0 Å². The molecule has 1 fully saturated rings. The molecule has 0 aromatic carbocycles. The highest BCUT2D eigenvalue weighted by molar-refractivity contribution is 6.63. The number of hydrogen-bond donors (Lipinski definition) is 0. The molecule has 2 aliphatic rings. The highest BCUT2D eigenvalue weighted by Crippen LogP contribution is 2.47. The first-order valence-electron chi connectivity index (χ1n) is 6.58. The zero-order chi connectivity index (χ0) is 11.7. The molecule has 2 aliphatic carbocycles. The van der Waals surface area contributed by atoms with Gasteiger partial charge in [-0.05, 0) is 62.7 Å². The van der Waals surface area contributed by atoms with Crippen molar-refractivity contribution in [2.75, 3.05) is 0 Å². The second kappa shape index (κ2) is 5.19. The minimum Gasteiger partial charge on any atom is -0.456 e. The minimum absolute atomic E-state index is 0.486. The molecule has 0 amide bonds. The summed E-state index contributed by atoms with van der Waals surface area (Å²) in [5.41, 5.74) is 1.78. The van der Waals surface area contributed by atoms with Gasteiger partial charge in [0.05, 0.1) is 0 Å². The summed E-state index contributed by atoms with van der Waals surface area (Å²) < 4.78 is 6.04. The highest BCUT2D eigenvalue weighted by Gasteiger charge is 2.35. The van der Waals surface area contributed by atoms with Crippen molar-refractivity contribution in [3.63, 3.8) is 0 Å². The Hall–Kier alpha value is 0.134. The van der Waals surface area contributed by atoms with Crippen molar-refractivity contribution in [2.45, 2.75) is 51.9 Å². The van der Waals surface area contributed by atoms with Crippen LogP contribution in [0.2, 0.25) is 25.7 Å². The van der Waals surface area contributed by atoms with Crippen LogP contribution in [0.5, 0.6) is 0 Å². The predicted octanol–water partition coefficient (Wildman–Crippen LogP) is 3.87. The van der Waals surface area contributed by atoms with Gasteiger partial charge in [-0.25, -0.2) is 0 Å². The van der Waals surface area contributed by atoms with E-state index in [4.69, 9.17) is 4.12 Å². The molecule has 3 heteroatoms. The topological polar surface area (TPSA) is 9.23 Å². The van der Waals surface area contributed by atoms with E-state index in [1.807, 2.05) is 0 Å². The summed E-state index contributed by atoms with van der Waals surface area (Å²) in [5.74, 6) is 2.67. The largest absolute Gasteiger partial charge is 0.456 e. The van der Waals surface area contributed by atoms with Gasteiger partial charge in [-0.3, -0.25) is 0 Å². The van der Waals surface area contributed by atoms with Crippen molar-refractivity contribution < 1.29 is 4.12 Å². The first-order valence-corrected chi connectivity index (χ1v) is 11.1. The van der Waals surface area contributed by atoms with Gasteiger partial charge < -0.3 is 4.12 Å². The van der Waals surface area contributed by atoms with Crippen molar-refractivity contribution in [1.82, 2.24) is 0 Å². The first-order chi connectivity index (χ1) is 7.56. The van der Waals surface area contributed by atoms with E-state index in [-0.39, 0.29) is 0 Å². The fourth-order valence-corrected chi connectivity index (χ4v) is 7.60. The Kier molecular flexibility index (Phi) is 4.08. The van der Waals surface area contributed by atoms with Crippen LogP contribution in [0.15, 0.2) is 11.6 Å². The average molecular weight is 253 g/mol. The van der Waals surface area contributed by atoms with Crippen LogP contribution in [0.25, 0.3) is 0 Å². The van der Waals surface area contributed by atoms with Crippen LogP contribution in [0, 0.1) is 17.8 Å². The third-order valence-corrected chi connectivity index (χ3v) is 8.13. The van der Waals surface area contributed by atoms with Crippen LogP contribution in [-0.4, -0.2) is 18.1 Å².